The molecule has 0 spiro atoms. The Hall–Kier alpha value is -1.31. The van der Waals surface area contributed by atoms with E-state index in [1.54, 1.807) is 0 Å². The standard InChI is InChI=1S/C15H21NO/c1-11-9-12(2)16(10-11)15(17)13(3)14-7-5-4-6-8-14/h4-8,11-13H,9-10H2,1-3H3/t11?,12-,13+/m1/s1. The summed E-state index contributed by atoms with van der Waals surface area (Å²) in [7, 11) is 0. The van der Waals surface area contributed by atoms with Crippen LogP contribution in [0.1, 0.15) is 38.7 Å². The van der Waals surface area contributed by atoms with Gasteiger partial charge in [-0.15, -0.1) is 0 Å². The summed E-state index contributed by atoms with van der Waals surface area (Å²) in [5.74, 6) is 0.883. The van der Waals surface area contributed by atoms with Gasteiger partial charge in [0.2, 0.25) is 5.91 Å². The van der Waals surface area contributed by atoms with Gasteiger partial charge in [-0.3, -0.25) is 4.79 Å². The molecule has 1 heterocycles. The lowest BCUT2D eigenvalue weighted by Gasteiger charge is -2.25. The van der Waals surface area contributed by atoms with Crippen LogP contribution in [-0.4, -0.2) is 23.4 Å². The Morgan fingerprint density at radius 3 is 2.47 bits per heavy atom. The van der Waals surface area contributed by atoms with E-state index in [4.69, 9.17) is 0 Å². The summed E-state index contributed by atoms with van der Waals surface area (Å²) in [4.78, 5) is 14.5. The van der Waals surface area contributed by atoms with Gasteiger partial charge in [0.1, 0.15) is 0 Å². The molecule has 1 aliphatic rings. The quantitative estimate of drug-likeness (QED) is 0.766. The number of nitrogens with zero attached hydrogens (tertiary/aromatic N) is 1. The van der Waals surface area contributed by atoms with Crippen molar-refractivity contribution >= 4 is 5.91 Å². The summed E-state index contributed by atoms with van der Waals surface area (Å²) >= 11 is 0. The molecule has 2 nitrogen and oxygen atoms in total. The Kier molecular flexibility index (Phi) is 3.51. The van der Waals surface area contributed by atoms with Gasteiger partial charge >= 0.3 is 0 Å². The van der Waals surface area contributed by atoms with Gasteiger partial charge in [0.15, 0.2) is 0 Å². The van der Waals surface area contributed by atoms with Gasteiger partial charge in [-0.1, -0.05) is 37.3 Å². The number of benzene rings is 1. The second-order valence-electron chi connectivity index (χ2n) is 5.31. The minimum atomic E-state index is -0.0241. The van der Waals surface area contributed by atoms with Gasteiger partial charge in [0, 0.05) is 12.6 Å². The fraction of sp³-hybridized carbons (Fsp3) is 0.533. The zero-order valence-corrected chi connectivity index (χ0v) is 10.9. The van der Waals surface area contributed by atoms with E-state index in [-0.39, 0.29) is 11.8 Å². The van der Waals surface area contributed by atoms with Gasteiger partial charge < -0.3 is 4.90 Å². The van der Waals surface area contributed by atoms with Crippen LogP contribution in [-0.2, 0) is 4.79 Å². The van der Waals surface area contributed by atoms with E-state index in [2.05, 4.69) is 13.8 Å². The van der Waals surface area contributed by atoms with Gasteiger partial charge in [0.25, 0.3) is 0 Å². The zero-order chi connectivity index (χ0) is 12.4. The summed E-state index contributed by atoms with van der Waals surface area (Å²) in [6, 6.07) is 10.4. The molecule has 1 aromatic carbocycles. The SMILES string of the molecule is CC1C[C@@H](C)N(C(=O)[C@@H](C)c2ccccc2)C1. The third-order valence-corrected chi connectivity index (χ3v) is 3.74. The average molecular weight is 231 g/mol. The number of amides is 1. The Morgan fingerprint density at radius 1 is 1.29 bits per heavy atom. The molecular formula is C15H21NO. The molecule has 1 fully saturated rings. The summed E-state index contributed by atoms with van der Waals surface area (Å²) in [5.41, 5.74) is 1.12. The molecule has 1 saturated heterocycles. The molecule has 3 atom stereocenters. The molecule has 1 aromatic rings. The molecule has 2 heteroatoms. The number of rotatable bonds is 2. The fourth-order valence-corrected chi connectivity index (χ4v) is 2.74. The molecule has 1 amide bonds. The van der Waals surface area contributed by atoms with Gasteiger partial charge in [-0.25, -0.2) is 0 Å². The minimum absolute atomic E-state index is 0.0241. The summed E-state index contributed by atoms with van der Waals surface area (Å²) in [5, 5.41) is 0. The van der Waals surface area contributed by atoms with Crippen LogP contribution in [0.15, 0.2) is 30.3 Å². The molecule has 1 aliphatic heterocycles. The summed E-state index contributed by atoms with van der Waals surface area (Å²) in [6.07, 6.45) is 1.13. The first-order valence-electron chi connectivity index (χ1n) is 6.45. The van der Waals surface area contributed by atoms with Crippen LogP contribution in [0.3, 0.4) is 0 Å². The number of carbonyl (C=O) groups excluding carboxylic acids is 1. The molecule has 0 aromatic heterocycles. The molecule has 92 valence electrons. The summed E-state index contributed by atoms with van der Waals surface area (Å²) < 4.78 is 0. The largest absolute Gasteiger partial charge is 0.339 e. The van der Waals surface area contributed by atoms with Crippen LogP contribution < -0.4 is 0 Å². The Bertz CT molecular complexity index is 387. The first-order valence-corrected chi connectivity index (χ1v) is 6.45. The van der Waals surface area contributed by atoms with Crippen molar-refractivity contribution in [3.8, 4) is 0 Å². The van der Waals surface area contributed by atoms with Crippen molar-refractivity contribution in [1.29, 1.82) is 0 Å². The van der Waals surface area contributed by atoms with E-state index in [0.29, 0.717) is 12.0 Å². The van der Waals surface area contributed by atoms with Crippen molar-refractivity contribution in [2.75, 3.05) is 6.54 Å². The van der Waals surface area contributed by atoms with E-state index in [9.17, 15) is 4.79 Å². The monoisotopic (exact) mass is 231 g/mol. The Balaban J connectivity index is 2.10. The highest BCUT2D eigenvalue weighted by atomic mass is 16.2. The van der Waals surface area contributed by atoms with Crippen LogP contribution in [0, 0.1) is 5.92 Å². The van der Waals surface area contributed by atoms with Crippen molar-refractivity contribution in [3.63, 3.8) is 0 Å². The maximum absolute atomic E-state index is 12.4. The molecule has 0 saturated carbocycles. The molecule has 2 rings (SSSR count). The van der Waals surface area contributed by atoms with Crippen molar-refractivity contribution in [1.82, 2.24) is 4.90 Å². The van der Waals surface area contributed by atoms with Gasteiger partial charge in [0.05, 0.1) is 5.92 Å². The number of hydrogen-bond acceptors (Lipinski definition) is 1. The highest BCUT2D eigenvalue weighted by molar-refractivity contribution is 5.83. The second kappa shape index (κ2) is 4.91. The first kappa shape index (κ1) is 12.2. The third kappa shape index (κ3) is 2.51. The van der Waals surface area contributed by atoms with Crippen LogP contribution in [0.5, 0.6) is 0 Å². The molecule has 0 bridgehead atoms. The smallest absolute Gasteiger partial charge is 0.230 e. The second-order valence-corrected chi connectivity index (χ2v) is 5.31. The molecule has 0 aliphatic carbocycles. The van der Waals surface area contributed by atoms with Crippen LogP contribution in [0.4, 0.5) is 0 Å². The van der Waals surface area contributed by atoms with Crippen LogP contribution in [0.25, 0.3) is 0 Å². The van der Waals surface area contributed by atoms with Crippen molar-refractivity contribution < 1.29 is 4.79 Å². The fourth-order valence-electron chi connectivity index (χ4n) is 2.74. The highest BCUT2D eigenvalue weighted by Gasteiger charge is 2.32. The van der Waals surface area contributed by atoms with E-state index < -0.39 is 0 Å². The molecule has 17 heavy (non-hydrogen) atoms. The van der Waals surface area contributed by atoms with Gasteiger partial charge in [-0.2, -0.15) is 0 Å². The molecule has 0 radical (unpaired) electrons. The molecular weight excluding hydrogens is 210 g/mol. The lowest BCUT2D eigenvalue weighted by atomic mass is 9.99. The number of carbonyl (C=O) groups is 1. The van der Waals surface area contributed by atoms with E-state index >= 15 is 0 Å². The predicted octanol–water partition coefficient (Wildman–Crippen LogP) is 3.05. The van der Waals surface area contributed by atoms with E-state index in [1.807, 2.05) is 42.2 Å². The van der Waals surface area contributed by atoms with Crippen LogP contribution in [0.2, 0.25) is 0 Å². The number of likely N-dealkylation sites (tertiary alicyclic amines) is 1. The van der Waals surface area contributed by atoms with Crippen molar-refractivity contribution in [2.45, 2.75) is 39.2 Å². The minimum Gasteiger partial charge on any atom is -0.339 e. The topological polar surface area (TPSA) is 20.3 Å². The summed E-state index contributed by atoms with van der Waals surface area (Å²) in [6.45, 7) is 7.29. The molecule has 1 unspecified atom stereocenters. The lowest BCUT2D eigenvalue weighted by molar-refractivity contribution is -0.133. The highest BCUT2D eigenvalue weighted by Crippen LogP contribution is 2.27. The Labute approximate surface area is 104 Å². The van der Waals surface area contributed by atoms with Gasteiger partial charge in [-0.05, 0) is 31.7 Å². The maximum Gasteiger partial charge on any atom is 0.230 e. The lowest BCUT2D eigenvalue weighted by Crippen LogP contribution is -2.36. The Morgan fingerprint density at radius 2 is 1.94 bits per heavy atom. The predicted molar refractivity (Wildman–Crippen MR) is 69.8 cm³/mol. The van der Waals surface area contributed by atoms with Crippen LogP contribution >= 0.6 is 0 Å². The van der Waals surface area contributed by atoms with E-state index in [0.717, 1.165) is 18.5 Å². The van der Waals surface area contributed by atoms with Crippen molar-refractivity contribution in [3.05, 3.63) is 35.9 Å². The average Bonchev–Trinajstić information content (AvgIpc) is 2.68. The zero-order valence-electron chi connectivity index (χ0n) is 10.9. The normalized spacial score (nSPS) is 25.9. The number of hydrogen-bond donors (Lipinski definition) is 0. The maximum atomic E-state index is 12.4. The van der Waals surface area contributed by atoms with Crippen molar-refractivity contribution in [2.24, 2.45) is 5.92 Å². The first-order chi connectivity index (χ1) is 8.09. The molecule has 0 N–H and O–H groups in total. The third-order valence-electron chi connectivity index (χ3n) is 3.74. The van der Waals surface area contributed by atoms with E-state index in [1.165, 1.54) is 0 Å².